The maximum Gasteiger partial charge on any atom is 0.431 e. The van der Waals surface area contributed by atoms with Gasteiger partial charge in [-0.2, -0.15) is 10.1 Å². The second kappa shape index (κ2) is 4.53. The minimum atomic E-state index is -0.507. The second-order valence-corrected chi connectivity index (χ2v) is 6.47. The number of hydrogen-bond donors (Lipinski definition) is 0. The smallest absolute Gasteiger partial charge is 0.431 e. The first-order chi connectivity index (χ1) is 8.28. The summed E-state index contributed by atoms with van der Waals surface area (Å²) in [6, 6.07) is -0.0545. The normalized spacial score (nSPS) is 26.6. The molecule has 1 heterocycles. The lowest BCUT2D eigenvalue weighted by Crippen LogP contribution is -2.41. The SMILES string of the molecule is CC1=CC(Br)=CC2C=NN(C(=O)OC(C)(C)C)C12. The van der Waals surface area contributed by atoms with Crippen LogP contribution in [0.4, 0.5) is 4.79 Å². The third-order valence-electron chi connectivity index (χ3n) is 2.76. The van der Waals surface area contributed by atoms with Gasteiger partial charge in [0.1, 0.15) is 5.60 Å². The van der Waals surface area contributed by atoms with Gasteiger partial charge in [-0.05, 0) is 39.3 Å². The van der Waals surface area contributed by atoms with Gasteiger partial charge in [0.25, 0.3) is 0 Å². The number of carbonyl (C=O) groups excluding carboxylic acids is 1. The van der Waals surface area contributed by atoms with E-state index in [1.165, 1.54) is 5.01 Å². The molecule has 1 aliphatic heterocycles. The summed E-state index contributed by atoms with van der Waals surface area (Å²) in [5.41, 5.74) is 0.589. The van der Waals surface area contributed by atoms with Crippen LogP contribution in [0.2, 0.25) is 0 Å². The first-order valence-corrected chi connectivity index (χ1v) is 6.69. The van der Waals surface area contributed by atoms with Gasteiger partial charge in [-0.3, -0.25) is 0 Å². The number of hydrogen-bond acceptors (Lipinski definition) is 3. The number of carbonyl (C=O) groups is 1. The Labute approximate surface area is 115 Å². The van der Waals surface area contributed by atoms with Crippen LogP contribution < -0.4 is 0 Å². The number of rotatable bonds is 0. The number of amides is 1. The highest BCUT2D eigenvalue weighted by atomic mass is 79.9. The highest BCUT2D eigenvalue weighted by Crippen LogP contribution is 2.33. The molecule has 0 aromatic heterocycles. The van der Waals surface area contributed by atoms with Gasteiger partial charge >= 0.3 is 6.09 Å². The van der Waals surface area contributed by atoms with Crippen LogP contribution in [0.5, 0.6) is 0 Å². The predicted octanol–water partition coefficient (Wildman–Crippen LogP) is 3.45. The number of allylic oxidation sites excluding steroid dienone is 2. The Bertz CT molecular complexity index is 460. The fourth-order valence-corrected chi connectivity index (χ4v) is 2.77. The molecule has 0 fully saturated rings. The average molecular weight is 313 g/mol. The van der Waals surface area contributed by atoms with Gasteiger partial charge in [-0.15, -0.1) is 0 Å². The molecule has 0 bridgehead atoms. The summed E-state index contributed by atoms with van der Waals surface area (Å²) in [4.78, 5) is 12.1. The molecular weight excluding hydrogens is 296 g/mol. The molecule has 0 spiro atoms. The van der Waals surface area contributed by atoms with Crippen molar-refractivity contribution in [1.29, 1.82) is 0 Å². The molecule has 1 aliphatic carbocycles. The molecule has 0 aromatic carbocycles. The minimum Gasteiger partial charge on any atom is -0.442 e. The van der Waals surface area contributed by atoms with E-state index >= 15 is 0 Å². The predicted molar refractivity (Wildman–Crippen MR) is 74.6 cm³/mol. The van der Waals surface area contributed by atoms with E-state index in [9.17, 15) is 4.79 Å². The van der Waals surface area contributed by atoms with Crippen molar-refractivity contribution in [2.24, 2.45) is 11.0 Å². The molecule has 0 N–H and O–H groups in total. The van der Waals surface area contributed by atoms with Crippen molar-refractivity contribution in [1.82, 2.24) is 5.01 Å². The Morgan fingerprint density at radius 2 is 2.17 bits per heavy atom. The van der Waals surface area contributed by atoms with Crippen LogP contribution in [-0.4, -0.2) is 29.0 Å². The van der Waals surface area contributed by atoms with Crippen molar-refractivity contribution in [3.05, 3.63) is 22.2 Å². The molecule has 4 nitrogen and oxygen atoms in total. The molecule has 18 heavy (non-hydrogen) atoms. The van der Waals surface area contributed by atoms with Crippen LogP contribution >= 0.6 is 15.9 Å². The number of ether oxygens (including phenoxy) is 1. The molecule has 2 rings (SSSR count). The van der Waals surface area contributed by atoms with E-state index in [1.54, 1.807) is 6.21 Å². The maximum absolute atomic E-state index is 12.1. The van der Waals surface area contributed by atoms with Crippen molar-refractivity contribution in [3.8, 4) is 0 Å². The number of halogens is 1. The Morgan fingerprint density at radius 3 is 2.78 bits per heavy atom. The van der Waals surface area contributed by atoms with E-state index < -0.39 is 11.7 Å². The molecule has 0 radical (unpaired) electrons. The van der Waals surface area contributed by atoms with Crippen LogP contribution in [0, 0.1) is 5.92 Å². The molecule has 2 atom stereocenters. The lowest BCUT2D eigenvalue weighted by Gasteiger charge is -2.30. The van der Waals surface area contributed by atoms with Gasteiger partial charge in [0.05, 0.1) is 6.04 Å². The Hall–Kier alpha value is -1.10. The van der Waals surface area contributed by atoms with Crippen molar-refractivity contribution in [2.75, 3.05) is 0 Å². The zero-order chi connectivity index (χ0) is 13.5. The van der Waals surface area contributed by atoms with E-state index in [0.29, 0.717) is 0 Å². The summed E-state index contributed by atoms with van der Waals surface area (Å²) < 4.78 is 6.39. The Morgan fingerprint density at radius 1 is 1.50 bits per heavy atom. The molecular formula is C13H17BrN2O2. The van der Waals surface area contributed by atoms with Crippen molar-refractivity contribution in [2.45, 2.75) is 39.3 Å². The van der Waals surface area contributed by atoms with Crippen molar-refractivity contribution >= 4 is 28.2 Å². The summed E-state index contributed by atoms with van der Waals surface area (Å²) in [5.74, 6) is 0.122. The summed E-state index contributed by atoms with van der Waals surface area (Å²) in [6.07, 6.45) is 5.44. The second-order valence-electron chi connectivity index (χ2n) is 5.55. The minimum absolute atomic E-state index is 0.0545. The number of hydrazone groups is 1. The maximum atomic E-state index is 12.1. The topological polar surface area (TPSA) is 41.9 Å². The van der Waals surface area contributed by atoms with Crippen LogP contribution in [0.3, 0.4) is 0 Å². The summed E-state index contributed by atoms with van der Waals surface area (Å²) in [7, 11) is 0. The molecule has 0 aromatic rings. The third kappa shape index (κ3) is 2.66. The average Bonchev–Trinajstić information content (AvgIpc) is 2.58. The summed E-state index contributed by atoms with van der Waals surface area (Å²) >= 11 is 3.46. The zero-order valence-corrected chi connectivity index (χ0v) is 12.6. The monoisotopic (exact) mass is 312 g/mol. The highest BCUT2D eigenvalue weighted by molar-refractivity contribution is 9.11. The van der Waals surface area contributed by atoms with Crippen LogP contribution in [0.15, 0.2) is 27.3 Å². The van der Waals surface area contributed by atoms with E-state index in [4.69, 9.17) is 4.74 Å². The molecule has 98 valence electrons. The number of fused-ring (bicyclic) bond motifs is 1. The van der Waals surface area contributed by atoms with Crippen LogP contribution in [0.1, 0.15) is 27.7 Å². The quantitative estimate of drug-likeness (QED) is 0.687. The van der Waals surface area contributed by atoms with E-state index in [2.05, 4.69) is 21.0 Å². The largest absolute Gasteiger partial charge is 0.442 e. The van der Waals surface area contributed by atoms with Gasteiger partial charge in [0.15, 0.2) is 0 Å². The first kappa shape index (κ1) is 13.3. The number of nitrogens with zero attached hydrogens (tertiary/aromatic N) is 2. The van der Waals surface area contributed by atoms with Crippen LogP contribution in [-0.2, 0) is 4.74 Å². The van der Waals surface area contributed by atoms with Gasteiger partial charge in [-0.1, -0.05) is 22.0 Å². The van der Waals surface area contributed by atoms with Gasteiger partial charge in [-0.25, -0.2) is 4.79 Å². The lowest BCUT2D eigenvalue weighted by molar-refractivity contribution is 0.0209. The molecule has 1 amide bonds. The molecule has 0 saturated heterocycles. The standard InChI is InChI=1S/C13H17BrN2O2/c1-8-5-10(14)6-9-7-15-16(11(8)9)12(17)18-13(2,3)4/h5-7,9,11H,1-4H3. The van der Waals surface area contributed by atoms with E-state index in [0.717, 1.165) is 10.1 Å². The summed E-state index contributed by atoms with van der Waals surface area (Å²) in [6.45, 7) is 7.55. The Kier molecular flexibility index (Phi) is 3.36. The lowest BCUT2D eigenvalue weighted by atomic mass is 9.91. The fourth-order valence-electron chi connectivity index (χ4n) is 2.10. The zero-order valence-electron chi connectivity index (χ0n) is 11.0. The molecule has 0 saturated carbocycles. The van der Waals surface area contributed by atoms with Crippen molar-refractivity contribution in [3.63, 3.8) is 0 Å². The third-order valence-corrected chi connectivity index (χ3v) is 3.25. The van der Waals surface area contributed by atoms with Crippen molar-refractivity contribution < 1.29 is 9.53 Å². The fraction of sp³-hybridized carbons (Fsp3) is 0.538. The van der Waals surface area contributed by atoms with E-state index in [-0.39, 0.29) is 12.0 Å². The summed E-state index contributed by atoms with van der Waals surface area (Å²) in [5, 5.41) is 5.60. The van der Waals surface area contributed by atoms with Gasteiger partial charge < -0.3 is 4.74 Å². The molecule has 2 unspecified atom stereocenters. The van der Waals surface area contributed by atoms with E-state index in [1.807, 2.05) is 39.8 Å². The first-order valence-electron chi connectivity index (χ1n) is 5.90. The van der Waals surface area contributed by atoms with Gasteiger partial charge in [0.2, 0.25) is 0 Å². The van der Waals surface area contributed by atoms with Crippen LogP contribution in [0.25, 0.3) is 0 Å². The molecule has 2 aliphatic rings. The van der Waals surface area contributed by atoms with Gasteiger partial charge in [0, 0.05) is 16.6 Å². The molecule has 5 heteroatoms. The highest BCUT2D eigenvalue weighted by Gasteiger charge is 2.38. The Balaban J connectivity index is 2.17.